The number of carboxylic acids is 1. The smallest absolute Gasteiger partial charge is 0.335 e. The Kier molecular flexibility index (Phi) is 7.89. The van der Waals surface area contributed by atoms with Crippen LogP contribution in [0.5, 0.6) is 11.5 Å². The van der Waals surface area contributed by atoms with Gasteiger partial charge in [0.25, 0.3) is 0 Å². The van der Waals surface area contributed by atoms with Crippen molar-refractivity contribution < 1.29 is 28.5 Å². The summed E-state index contributed by atoms with van der Waals surface area (Å²) in [5.41, 5.74) is 3.47. The number of hydrogen-bond donors (Lipinski definition) is 1. The lowest BCUT2D eigenvalue weighted by Gasteiger charge is -2.33. The summed E-state index contributed by atoms with van der Waals surface area (Å²) in [7, 11) is 1.62. The van der Waals surface area contributed by atoms with Gasteiger partial charge in [0.1, 0.15) is 18.2 Å². The first-order valence-electron chi connectivity index (χ1n) is 14.1. The van der Waals surface area contributed by atoms with Crippen molar-refractivity contribution in [2.75, 3.05) is 26.8 Å². The van der Waals surface area contributed by atoms with Gasteiger partial charge >= 0.3 is 5.97 Å². The Morgan fingerprint density at radius 3 is 2.61 bits per heavy atom. The van der Waals surface area contributed by atoms with E-state index in [1.807, 2.05) is 12.1 Å². The summed E-state index contributed by atoms with van der Waals surface area (Å²) in [5, 5.41) is 9.52. The summed E-state index contributed by atoms with van der Waals surface area (Å²) >= 11 is 0. The highest BCUT2D eigenvalue weighted by Crippen LogP contribution is 2.40. The van der Waals surface area contributed by atoms with Gasteiger partial charge in [-0.25, -0.2) is 14.2 Å². The number of carboxylic acid groups (broad SMARTS) is 1. The van der Waals surface area contributed by atoms with Crippen LogP contribution in [-0.2, 0) is 24.4 Å². The van der Waals surface area contributed by atoms with Gasteiger partial charge in [-0.3, -0.25) is 4.90 Å². The Bertz CT molecular complexity index is 1540. The van der Waals surface area contributed by atoms with Crippen molar-refractivity contribution in [1.29, 1.82) is 0 Å². The Morgan fingerprint density at radius 1 is 1.10 bits per heavy atom. The Balaban J connectivity index is 1.18. The second-order valence-electron chi connectivity index (χ2n) is 10.7. The van der Waals surface area contributed by atoms with Gasteiger partial charge in [0, 0.05) is 17.7 Å². The molecule has 9 heteroatoms. The second kappa shape index (κ2) is 11.9. The first kappa shape index (κ1) is 27.2. The number of methoxy groups -OCH3 is 1. The number of piperidine rings is 1. The fourth-order valence-electron chi connectivity index (χ4n) is 5.80. The largest absolute Gasteiger partial charge is 0.493 e. The third kappa shape index (κ3) is 5.78. The second-order valence-corrected chi connectivity index (χ2v) is 10.7. The molecule has 3 heterocycles. The highest BCUT2D eigenvalue weighted by atomic mass is 19.1. The number of hydrogen-bond acceptors (Lipinski definition) is 6. The van der Waals surface area contributed by atoms with Crippen molar-refractivity contribution in [2.45, 2.75) is 51.0 Å². The van der Waals surface area contributed by atoms with Gasteiger partial charge in [0.15, 0.2) is 11.5 Å². The molecule has 3 aromatic carbocycles. The molecule has 0 aliphatic carbocycles. The van der Waals surface area contributed by atoms with E-state index in [9.17, 15) is 14.3 Å². The monoisotopic (exact) mass is 559 g/mol. The number of rotatable bonds is 10. The van der Waals surface area contributed by atoms with Crippen LogP contribution in [0.15, 0.2) is 60.7 Å². The summed E-state index contributed by atoms with van der Waals surface area (Å²) in [6, 6.07) is 17.7. The van der Waals surface area contributed by atoms with E-state index < -0.39 is 5.97 Å². The van der Waals surface area contributed by atoms with Crippen molar-refractivity contribution in [3.05, 3.63) is 89.0 Å². The average Bonchev–Trinajstić information content (AvgIpc) is 3.30. The molecule has 2 fully saturated rings. The van der Waals surface area contributed by atoms with Gasteiger partial charge in [-0.15, -0.1) is 0 Å². The third-order valence-electron chi connectivity index (χ3n) is 8.21. The number of nitrogens with zero attached hydrogens (tertiary/aromatic N) is 3. The van der Waals surface area contributed by atoms with Crippen LogP contribution >= 0.6 is 0 Å². The number of imidazole rings is 1. The molecular formula is C32H34FN3O5. The van der Waals surface area contributed by atoms with E-state index in [-0.39, 0.29) is 30.0 Å². The summed E-state index contributed by atoms with van der Waals surface area (Å²) in [5.74, 6) is 1.29. The molecule has 2 aliphatic rings. The number of aromatic nitrogens is 2. The number of carbonyl (C=O) groups is 1. The first-order chi connectivity index (χ1) is 20.0. The highest BCUT2D eigenvalue weighted by Gasteiger charge is 2.27. The lowest BCUT2D eigenvalue weighted by molar-refractivity contribution is -0.0592. The lowest BCUT2D eigenvalue weighted by Crippen LogP contribution is -2.35. The van der Waals surface area contributed by atoms with E-state index in [1.165, 1.54) is 6.07 Å². The molecule has 0 radical (unpaired) electrons. The van der Waals surface area contributed by atoms with Crippen LogP contribution in [0.25, 0.3) is 11.0 Å². The van der Waals surface area contributed by atoms with Gasteiger partial charge in [0.05, 0.1) is 42.9 Å². The van der Waals surface area contributed by atoms with Crippen LogP contribution in [0.3, 0.4) is 0 Å². The Morgan fingerprint density at radius 2 is 1.90 bits per heavy atom. The molecule has 0 amide bonds. The summed E-state index contributed by atoms with van der Waals surface area (Å²) in [6.45, 7) is 3.97. The fraction of sp³-hybridized carbons (Fsp3) is 0.375. The van der Waals surface area contributed by atoms with E-state index in [0.717, 1.165) is 61.4 Å². The van der Waals surface area contributed by atoms with Gasteiger partial charge in [0.2, 0.25) is 0 Å². The minimum atomic E-state index is -0.946. The van der Waals surface area contributed by atoms with Crippen LogP contribution < -0.4 is 9.47 Å². The van der Waals surface area contributed by atoms with Crippen molar-refractivity contribution in [3.8, 4) is 11.5 Å². The zero-order valence-corrected chi connectivity index (χ0v) is 23.1. The number of benzene rings is 3. The maximum Gasteiger partial charge on any atom is 0.335 e. The third-order valence-corrected chi connectivity index (χ3v) is 8.21. The molecule has 41 heavy (non-hydrogen) atoms. The molecule has 6 rings (SSSR count). The van der Waals surface area contributed by atoms with Crippen molar-refractivity contribution in [1.82, 2.24) is 14.5 Å². The van der Waals surface area contributed by atoms with E-state index in [4.69, 9.17) is 19.2 Å². The minimum Gasteiger partial charge on any atom is -0.493 e. The minimum absolute atomic E-state index is 0.126. The zero-order valence-electron chi connectivity index (χ0n) is 23.1. The van der Waals surface area contributed by atoms with Gasteiger partial charge in [-0.2, -0.15) is 0 Å². The SMILES string of the molecule is COc1cccc(C2CCN(Cc3nc4ccc(C(=O)O)cc4n3CC3CCO3)CC2)c1OCc1ccccc1F. The summed E-state index contributed by atoms with van der Waals surface area (Å²) in [6.07, 6.45) is 2.98. The van der Waals surface area contributed by atoms with E-state index in [2.05, 4.69) is 15.5 Å². The Labute approximate surface area is 238 Å². The fourth-order valence-corrected chi connectivity index (χ4v) is 5.80. The maximum absolute atomic E-state index is 14.2. The topological polar surface area (TPSA) is 86.1 Å². The number of para-hydroxylation sites is 1. The van der Waals surface area contributed by atoms with E-state index in [0.29, 0.717) is 30.2 Å². The standard InChI is InChI=1S/C32H34FN3O5/c1-39-29-8-4-6-25(31(29)41-20-23-5-2-3-7-26(23)33)21-11-14-35(15-12-21)19-30-34-27-10-9-22(32(37)38)17-28(27)36(30)18-24-13-16-40-24/h2-10,17,21,24H,11-16,18-20H2,1H3,(H,37,38). The number of halogens is 1. The van der Waals surface area contributed by atoms with Crippen LogP contribution in [0.2, 0.25) is 0 Å². The van der Waals surface area contributed by atoms with Crippen LogP contribution in [0.4, 0.5) is 4.39 Å². The number of aromatic carboxylic acids is 1. The van der Waals surface area contributed by atoms with Crippen LogP contribution in [-0.4, -0.2) is 58.4 Å². The molecule has 2 aliphatic heterocycles. The summed E-state index contributed by atoms with van der Waals surface area (Å²) in [4.78, 5) is 18.9. The molecule has 0 saturated carbocycles. The van der Waals surface area contributed by atoms with E-state index in [1.54, 1.807) is 43.5 Å². The van der Waals surface area contributed by atoms with Crippen molar-refractivity contribution in [3.63, 3.8) is 0 Å². The normalized spacial score (nSPS) is 17.9. The van der Waals surface area contributed by atoms with Gasteiger partial charge in [-0.1, -0.05) is 30.3 Å². The molecule has 2 saturated heterocycles. The molecule has 0 bridgehead atoms. The molecule has 1 atom stereocenters. The molecule has 8 nitrogen and oxygen atoms in total. The van der Waals surface area contributed by atoms with Crippen molar-refractivity contribution in [2.24, 2.45) is 0 Å². The zero-order chi connectivity index (χ0) is 28.3. The molecule has 1 aromatic heterocycles. The molecule has 4 aromatic rings. The van der Waals surface area contributed by atoms with Gasteiger partial charge in [-0.05, 0) is 68.6 Å². The number of ether oxygens (including phenoxy) is 3. The predicted molar refractivity (Wildman–Crippen MR) is 152 cm³/mol. The Hall–Kier alpha value is -3.95. The molecular weight excluding hydrogens is 525 g/mol. The van der Waals surface area contributed by atoms with Gasteiger partial charge < -0.3 is 23.9 Å². The maximum atomic E-state index is 14.2. The first-order valence-corrected chi connectivity index (χ1v) is 14.1. The number of likely N-dealkylation sites (tertiary alicyclic amines) is 1. The average molecular weight is 560 g/mol. The van der Waals surface area contributed by atoms with Crippen LogP contribution in [0.1, 0.15) is 52.5 Å². The van der Waals surface area contributed by atoms with Crippen LogP contribution in [0, 0.1) is 5.82 Å². The van der Waals surface area contributed by atoms with E-state index >= 15 is 0 Å². The highest BCUT2D eigenvalue weighted by molar-refractivity contribution is 5.92. The molecule has 1 unspecified atom stereocenters. The quantitative estimate of drug-likeness (QED) is 0.270. The summed E-state index contributed by atoms with van der Waals surface area (Å²) < 4.78 is 33.9. The lowest BCUT2D eigenvalue weighted by atomic mass is 9.88. The molecule has 214 valence electrons. The van der Waals surface area contributed by atoms with Crippen molar-refractivity contribution >= 4 is 17.0 Å². The molecule has 0 spiro atoms. The number of fused-ring (bicyclic) bond motifs is 1. The molecule has 1 N–H and O–H groups in total. The predicted octanol–water partition coefficient (Wildman–Crippen LogP) is 5.63.